The average Bonchev–Trinajstić information content (AvgIpc) is 3.76. The molecule has 12 heteroatoms. The lowest BCUT2D eigenvalue weighted by molar-refractivity contribution is -2.00. The summed E-state index contributed by atoms with van der Waals surface area (Å²) in [5.41, 5.74) is 10.0. The molecule has 1 aliphatic carbocycles. The fourth-order valence-electron chi connectivity index (χ4n) is 6.40. The van der Waals surface area contributed by atoms with Gasteiger partial charge in [-0.2, -0.15) is 4.57 Å². The summed E-state index contributed by atoms with van der Waals surface area (Å²) in [6.07, 6.45) is 11.3. The number of allylic oxidation sites excluding steroid dienone is 5. The largest absolute Gasteiger partial charge is 0.496 e. The third-order valence-electron chi connectivity index (χ3n) is 8.73. The fourth-order valence-corrected chi connectivity index (χ4v) is 8.68. The molecule has 9 nitrogen and oxygen atoms in total. The molecule has 1 aliphatic heterocycles. The number of para-hydroxylation sites is 1. The van der Waals surface area contributed by atoms with Gasteiger partial charge in [0.15, 0.2) is 0 Å². The van der Waals surface area contributed by atoms with E-state index >= 15 is 0 Å². The number of ether oxygens (including phenoxy) is 2. The van der Waals surface area contributed by atoms with E-state index in [1.807, 2.05) is 23.1 Å². The molecule has 0 radical (unpaired) electrons. The van der Waals surface area contributed by atoms with Crippen molar-refractivity contribution in [3.63, 3.8) is 0 Å². The van der Waals surface area contributed by atoms with E-state index in [-0.39, 0.29) is 0 Å². The van der Waals surface area contributed by atoms with Crippen molar-refractivity contribution in [1.82, 2.24) is 0 Å². The van der Waals surface area contributed by atoms with Crippen LogP contribution in [0.25, 0.3) is 16.3 Å². The molecule has 50 heavy (non-hydrogen) atoms. The number of likely N-dealkylation sites (N-methyl/N-ethyl adjacent to an activating group) is 1. The summed E-state index contributed by atoms with van der Waals surface area (Å²) < 4.78 is 48.9. The molecule has 2 aliphatic rings. The molecule has 1 aromatic heterocycles. The van der Waals surface area contributed by atoms with Crippen LogP contribution in [-0.2, 0) is 6.54 Å². The minimum Gasteiger partial charge on any atom is -0.496 e. The van der Waals surface area contributed by atoms with Gasteiger partial charge in [-0.25, -0.2) is 18.6 Å². The maximum atomic E-state index is 8.49. The number of methoxy groups -OCH3 is 2. The number of anilines is 2. The number of fused-ring (bicyclic) bond motifs is 2. The second-order valence-electron chi connectivity index (χ2n) is 11.8. The summed E-state index contributed by atoms with van der Waals surface area (Å²) in [6, 6.07) is 19.5. The molecule has 0 unspecified atom stereocenters. The maximum Gasteiger partial charge on any atom is 0.262 e. The summed E-state index contributed by atoms with van der Waals surface area (Å²) in [6.45, 7) is 10.5. The van der Waals surface area contributed by atoms with E-state index < -0.39 is 10.2 Å². The number of thioether (sulfide) groups is 1. The van der Waals surface area contributed by atoms with Crippen LogP contribution in [0.5, 0.6) is 11.5 Å². The normalized spacial score (nSPS) is 16.1. The molecule has 0 saturated heterocycles. The monoisotopic (exact) mass is 735 g/mol. The van der Waals surface area contributed by atoms with Crippen LogP contribution in [0.15, 0.2) is 99.6 Å². The lowest BCUT2D eigenvalue weighted by Crippen LogP contribution is -2.68. The Morgan fingerprint density at radius 1 is 0.900 bits per heavy atom. The Bertz CT molecular complexity index is 1980. The van der Waals surface area contributed by atoms with Crippen molar-refractivity contribution in [3.8, 4) is 11.5 Å². The molecule has 3 aromatic carbocycles. The van der Waals surface area contributed by atoms with Gasteiger partial charge in [-0.3, -0.25) is 0 Å². The smallest absolute Gasteiger partial charge is 0.262 e. The molecule has 4 aromatic rings. The molecular weight excluding hydrogens is 694 g/mol. The van der Waals surface area contributed by atoms with E-state index in [4.69, 9.17) is 28.1 Å². The Morgan fingerprint density at radius 2 is 1.56 bits per heavy atom. The zero-order valence-corrected chi connectivity index (χ0v) is 31.7. The lowest BCUT2D eigenvalue weighted by atomic mass is 10.1. The second kappa shape index (κ2) is 16.0. The molecule has 2 heterocycles. The molecule has 6 rings (SSSR count). The van der Waals surface area contributed by atoms with Crippen LogP contribution in [0.1, 0.15) is 42.8 Å². The van der Waals surface area contributed by atoms with Crippen LogP contribution in [0.3, 0.4) is 0 Å². The first-order valence-corrected chi connectivity index (χ1v) is 19.1. The molecule has 0 fully saturated rings. The van der Waals surface area contributed by atoms with Gasteiger partial charge in [-0.05, 0) is 99.2 Å². The number of halogens is 1. The van der Waals surface area contributed by atoms with Crippen LogP contribution >= 0.6 is 23.1 Å². The third-order valence-corrected chi connectivity index (χ3v) is 11.0. The summed E-state index contributed by atoms with van der Waals surface area (Å²) in [5, 5.41) is 2.50. The third kappa shape index (κ3) is 8.38. The van der Waals surface area contributed by atoms with E-state index in [2.05, 4.69) is 128 Å². The number of aromatic nitrogens is 1. The minimum atomic E-state index is -4.94. The minimum absolute atomic E-state index is 0.916. The van der Waals surface area contributed by atoms with E-state index in [1.165, 1.54) is 53.4 Å². The Labute approximate surface area is 304 Å². The quantitative estimate of drug-likeness (QED) is 0.226. The highest BCUT2D eigenvalue weighted by Gasteiger charge is 2.27. The number of thiazole rings is 1. The van der Waals surface area contributed by atoms with E-state index in [0.29, 0.717) is 0 Å². The van der Waals surface area contributed by atoms with Gasteiger partial charge in [0.25, 0.3) is 5.01 Å². The Morgan fingerprint density at radius 3 is 2.20 bits per heavy atom. The topological polar surface area (TPSA) is 121 Å². The van der Waals surface area contributed by atoms with Gasteiger partial charge in [-0.1, -0.05) is 47.4 Å². The number of aryl methyl sites for hydroxylation is 3. The van der Waals surface area contributed by atoms with Crippen LogP contribution in [0, 0.1) is 24.1 Å². The standard InChI is InChI=1S/C38H42N3O2S2.ClHO4/c1-8-40-30-21-25(3)32(42-6)23-34(30)44-36(40)19-17-27-15-16-28(38(27)39(5)29-13-11-10-12-14-29)18-20-37-41(9-2)31-22-26(4)33(43-7)24-35(31)45-37;2-1(3,4)5/h10-14,17-24H,8-9,15-16H2,1-7H3;(H,2,3,4,5)/q+1;/p-1. The van der Waals surface area contributed by atoms with Crippen LogP contribution in [0.2, 0.25) is 0 Å². The van der Waals surface area contributed by atoms with Crippen molar-refractivity contribution in [2.45, 2.75) is 52.0 Å². The van der Waals surface area contributed by atoms with Gasteiger partial charge < -0.3 is 19.3 Å². The van der Waals surface area contributed by atoms with Crippen molar-refractivity contribution < 1.29 is 42.9 Å². The molecule has 0 atom stereocenters. The second-order valence-corrected chi connectivity index (χ2v) is 14.7. The van der Waals surface area contributed by atoms with Crippen molar-refractivity contribution in [2.75, 3.05) is 37.6 Å². The first kappa shape index (κ1) is 37.4. The van der Waals surface area contributed by atoms with E-state index in [9.17, 15) is 0 Å². The molecule has 0 amide bonds. The number of rotatable bonds is 9. The Balaban J connectivity index is 0.000000908. The van der Waals surface area contributed by atoms with Gasteiger partial charge >= 0.3 is 0 Å². The van der Waals surface area contributed by atoms with Crippen molar-refractivity contribution in [3.05, 3.63) is 111 Å². The number of hydrogen-bond donors (Lipinski definition) is 0. The van der Waals surface area contributed by atoms with Gasteiger partial charge in [0.2, 0.25) is 5.52 Å². The van der Waals surface area contributed by atoms with E-state index in [1.54, 1.807) is 14.2 Å². The van der Waals surface area contributed by atoms with Gasteiger partial charge in [-0.15, -0.1) is 10.2 Å². The molecule has 264 valence electrons. The number of hydrogen-bond acceptors (Lipinski definition) is 10. The predicted molar refractivity (Wildman–Crippen MR) is 192 cm³/mol. The highest BCUT2D eigenvalue weighted by molar-refractivity contribution is 8.03. The van der Waals surface area contributed by atoms with E-state index in [0.717, 1.165) is 48.6 Å². The van der Waals surface area contributed by atoms with Crippen molar-refractivity contribution in [2.24, 2.45) is 0 Å². The van der Waals surface area contributed by atoms with Gasteiger partial charge in [0, 0.05) is 48.1 Å². The summed E-state index contributed by atoms with van der Waals surface area (Å²) in [5.74, 6) is 1.88. The number of nitrogens with zero attached hydrogens (tertiary/aromatic N) is 3. The summed E-state index contributed by atoms with van der Waals surface area (Å²) >= 11 is 3.65. The van der Waals surface area contributed by atoms with Gasteiger partial charge in [0.05, 0.1) is 24.9 Å². The van der Waals surface area contributed by atoms with Crippen LogP contribution in [0.4, 0.5) is 11.4 Å². The summed E-state index contributed by atoms with van der Waals surface area (Å²) in [7, 11) is 0.743. The molecule has 0 spiro atoms. The molecule has 0 N–H and O–H groups in total. The molecular formula is C38H42ClN3O6S2. The van der Waals surface area contributed by atoms with Gasteiger partial charge in [0.1, 0.15) is 22.7 Å². The highest BCUT2D eigenvalue weighted by Crippen LogP contribution is 2.48. The first-order valence-electron chi connectivity index (χ1n) is 16.2. The van der Waals surface area contributed by atoms with Crippen LogP contribution in [-0.4, -0.2) is 27.8 Å². The van der Waals surface area contributed by atoms with Crippen LogP contribution < -0.4 is 42.5 Å². The highest BCUT2D eigenvalue weighted by atomic mass is 35.7. The SMILES string of the molecule is CCN1C(=CC=C2CCC(C=Cc3sc4cc(OC)c(C)cc4[n+]3CC)=C2N(C)c2ccccc2)Sc2cc(OC)c(C)cc21.[O-][Cl+3]([O-])([O-])[O-]. The zero-order chi connectivity index (χ0) is 36.2. The molecule has 0 saturated carbocycles. The fraction of sp³-hybridized carbons (Fsp3) is 0.289. The first-order chi connectivity index (χ1) is 23.9. The lowest BCUT2D eigenvalue weighted by Gasteiger charge is -2.23. The zero-order valence-electron chi connectivity index (χ0n) is 29.3. The van der Waals surface area contributed by atoms with Crippen molar-refractivity contribution >= 4 is 50.8 Å². The number of benzene rings is 3. The maximum absolute atomic E-state index is 8.49. The predicted octanol–water partition coefficient (Wildman–Crippen LogP) is 4.68. The average molecular weight is 736 g/mol. The van der Waals surface area contributed by atoms with Crippen molar-refractivity contribution in [1.29, 1.82) is 0 Å². The Hall–Kier alpha value is -3.81. The summed E-state index contributed by atoms with van der Waals surface area (Å²) in [4.78, 5) is 6.01. The molecule has 0 bridgehead atoms. The Kier molecular flexibility index (Phi) is 12.0.